The molecule has 8 nitrogen and oxygen atoms in total. The first-order valence-corrected chi connectivity index (χ1v) is 35.9. The van der Waals surface area contributed by atoms with Gasteiger partial charge in [-0.15, -0.1) is 0 Å². The van der Waals surface area contributed by atoms with E-state index in [1.54, 1.807) is 6.08 Å². The van der Waals surface area contributed by atoms with E-state index >= 15 is 0 Å². The summed E-state index contributed by atoms with van der Waals surface area (Å²) in [5, 5.41) is 14.0. The Morgan fingerprint density at radius 3 is 1.11 bits per heavy atom. The van der Waals surface area contributed by atoms with Gasteiger partial charge in [-0.3, -0.25) is 13.8 Å². The minimum Gasteiger partial charge on any atom is -0.387 e. The number of phosphoric ester groups is 1. The second kappa shape index (κ2) is 63.4. The Kier molecular flexibility index (Phi) is 61.0. The van der Waals surface area contributed by atoms with Crippen molar-refractivity contribution in [2.24, 2.45) is 0 Å². The predicted octanol–water partition coefficient (Wildman–Crippen LogP) is 22.0. The van der Waals surface area contributed by atoms with Gasteiger partial charge in [-0.05, 0) is 96.3 Å². The summed E-state index contributed by atoms with van der Waals surface area (Å²) in [5.74, 6) is -0.204. The number of hydrogen-bond donors (Lipinski definition) is 3. The SMILES string of the molecule is CC/C=C\C/C=C\C/C=C\C/C=C\C/C=C\C/C=C\C/C=C\C/C=C\CCCCCCCCC(=O)NC(COP(=O)(O)OCC[N+](C)(C)C)C(O)/C=C/CC/C=C/CCCCCCCCCCCCCCCCCCCCCCCCCC. The average Bonchev–Trinajstić information content (AvgIpc) is 3.49. The number of phosphoric acid groups is 1. The largest absolute Gasteiger partial charge is 0.472 e. The van der Waals surface area contributed by atoms with E-state index in [4.69, 9.17) is 9.05 Å². The summed E-state index contributed by atoms with van der Waals surface area (Å²) < 4.78 is 23.8. The quantitative estimate of drug-likeness (QED) is 0.0243. The molecule has 3 atom stereocenters. The van der Waals surface area contributed by atoms with Gasteiger partial charge >= 0.3 is 7.82 Å². The van der Waals surface area contributed by atoms with E-state index < -0.39 is 20.0 Å². The molecule has 0 spiro atoms. The molecule has 0 radical (unpaired) electrons. The minimum atomic E-state index is -4.38. The van der Waals surface area contributed by atoms with Crippen LogP contribution in [0.1, 0.15) is 290 Å². The molecule has 0 aliphatic heterocycles. The van der Waals surface area contributed by atoms with Crippen molar-refractivity contribution in [1.82, 2.24) is 5.32 Å². The Balaban J connectivity index is 4.21. The van der Waals surface area contributed by atoms with Gasteiger partial charge in [0.05, 0.1) is 39.9 Å². The first-order chi connectivity index (χ1) is 40.5. The lowest BCUT2D eigenvalue weighted by Crippen LogP contribution is -2.45. The molecular weight excluding hydrogens is 1040 g/mol. The second-order valence-electron chi connectivity index (χ2n) is 24.2. The molecule has 0 aliphatic carbocycles. The van der Waals surface area contributed by atoms with Crippen LogP contribution in [0.2, 0.25) is 0 Å². The van der Waals surface area contributed by atoms with Crippen molar-refractivity contribution in [2.75, 3.05) is 40.9 Å². The van der Waals surface area contributed by atoms with Crippen LogP contribution >= 0.6 is 7.82 Å². The zero-order chi connectivity index (χ0) is 60.5. The molecule has 3 unspecified atom stereocenters. The summed E-state index contributed by atoms with van der Waals surface area (Å²) in [5.41, 5.74) is 0. The van der Waals surface area contributed by atoms with E-state index in [-0.39, 0.29) is 19.1 Å². The Hall–Kier alpha value is -3.10. The molecule has 3 N–H and O–H groups in total. The fourth-order valence-electron chi connectivity index (χ4n) is 9.61. The molecule has 0 aliphatic rings. The average molecular weight is 1180 g/mol. The van der Waals surface area contributed by atoms with Crippen LogP contribution in [-0.2, 0) is 18.4 Å². The van der Waals surface area contributed by atoms with Gasteiger partial charge in [0.2, 0.25) is 5.91 Å². The first-order valence-electron chi connectivity index (χ1n) is 34.4. The molecule has 1 amide bonds. The Labute approximate surface area is 514 Å². The maximum Gasteiger partial charge on any atom is 0.472 e. The van der Waals surface area contributed by atoms with Gasteiger partial charge in [-0.1, -0.05) is 309 Å². The standard InChI is InChI=1S/C74H131N2O6P/c1-6-8-10-12-14-16-18-20-22-24-26-28-30-32-34-36-38-40-42-44-46-48-50-52-54-56-58-60-62-64-66-68-74(78)75-72(71-82-83(79,80)81-70-69-76(3,4)5)73(77)67-65-63-61-59-57-55-53-51-49-47-45-43-41-39-37-35-33-31-29-27-25-23-21-19-17-15-13-11-9-7-2/h8,10,14,16,20,22,26,28,32,34,38,40,44,46,50,52,57,59,65,67,72-73,77H,6-7,9,11-13,15,17-19,21,23-25,27,29-31,33,35-37,39,41-43,45,47-49,51,53-56,58,60-64,66,68-71H2,1-5H3,(H-,75,78,79,80)/p+1/b10-8-,16-14-,22-20-,28-26-,34-32-,40-38-,46-44-,52-50-,59-57+,67-65+. The van der Waals surface area contributed by atoms with Gasteiger partial charge in [0.15, 0.2) is 0 Å². The van der Waals surface area contributed by atoms with Crippen LogP contribution in [0.15, 0.2) is 122 Å². The Morgan fingerprint density at radius 1 is 0.422 bits per heavy atom. The van der Waals surface area contributed by atoms with Crippen molar-refractivity contribution in [3.8, 4) is 0 Å². The van der Waals surface area contributed by atoms with E-state index in [1.807, 2.05) is 27.2 Å². The van der Waals surface area contributed by atoms with Crippen molar-refractivity contribution >= 4 is 13.7 Å². The van der Waals surface area contributed by atoms with Gasteiger partial charge in [0.1, 0.15) is 13.2 Å². The fourth-order valence-corrected chi connectivity index (χ4v) is 10.3. The third kappa shape index (κ3) is 66.3. The number of unbranched alkanes of at least 4 members (excludes halogenated alkanes) is 31. The molecule has 83 heavy (non-hydrogen) atoms. The molecule has 0 aromatic carbocycles. The second-order valence-corrected chi connectivity index (χ2v) is 25.6. The van der Waals surface area contributed by atoms with Gasteiger partial charge in [0, 0.05) is 6.42 Å². The molecule has 0 saturated heterocycles. The molecule has 0 bridgehead atoms. The number of nitrogens with one attached hydrogen (secondary N) is 1. The van der Waals surface area contributed by atoms with Crippen LogP contribution in [0.5, 0.6) is 0 Å². The van der Waals surface area contributed by atoms with Crippen molar-refractivity contribution in [3.63, 3.8) is 0 Å². The molecule has 9 heteroatoms. The molecule has 0 aromatic heterocycles. The molecule has 0 heterocycles. The van der Waals surface area contributed by atoms with Gasteiger partial charge in [-0.25, -0.2) is 4.57 Å². The molecule has 478 valence electrons. The molecule has 0 saturated carbocycles. The van der Waals surface area contributed by atoms with Gasteiger partial charge < -0.3 is 19.8 Å². The van der Waals surface area contributed by atoms with Crippen LogP contribution in [-0.4, -0.2) is 73.4 Å². The predicted molar refractivity (Wildman–Crippen MR) is 364 cm³/mol. The monoisotopic (exact) mass is 1180 g/mol. The van der Waals surface area contributed by atoms with Crippen molar-refractivity contribution < 1.29 is 32.9 Å². The summed E-state index contributed by atoms with van der Waals surface area (Å²) in [7, 11) is 1.53. The zero-order valence-corrected chi connectivity index (χ0v) is 55.5. The number of allylic oxidation sites excluding steroid dienone is 19. The lowest BCUT2D eigenvalue weighted by molar-refractivity contribution is -0.870. The van der Waals surface area contributed by atoms with Gasteiger partial charge in [0.25, 0.3) is 0 Å². The fraction of sp³-hybridized carbons (Fsp3) is 0.716. The highest BCUT2D eigenvalue weighted by molar-refractivity contribution is 7.47. The van der Waals surface area contributed by atoms with Crippen LogP contribution in [0.3, 0.4) is 0 Å². The van der Waals surface area contributed by atoms with E-state index in [1.165, 1.54) is 161 Å². The number of carbonyl (C=O) groups excluding carboxylic acids is 1. The Morgan fingerprint density at radius 2 is 0.735 bits per heavy atom. The van der Waals surface area contributed by atoms with Crippen LogP contribution in [0.4, 0.5) is 0 Å². The number of hydrogen-bond acceptors (Lipinski definition) is 5. The highest BCUT2D eigenvalue weighted by Crippen LogP contribution is 2.43. The maximum absolute atomic E-state index is 13.0. The number of rotatable bonds is 62. The van der Waals surface area contributed by atoms with Crippen LogP contribution in [0, 0.1) is 0 Å². The summed E-state index contributed by atoms with van der Waals surface area (Å²) >= 11 is 0. The van der Waals surface area contributed by atoms with Crippen molar-refractivity contribution in [3.05, 3.63) is 122 Å². The third-order valence-corrected chi connectivity index (χ3v) is 15.9. The highest BCUT2D eigenvalue weighted by atomic mass is 31.2. The number of aliphatic hydroxyl groups excluding tert-OH is 1. The number of aliphatic hydroxyl groups is 1. The van der Waals surface area contributed by atoms with E-state index in [0.29, 0.717) is 17.4 Å². The number of carbonyl (C=O) groups is 1. The normalized spacial score (nSPS) is 14.4. The van der Waals surface area contributed by atoms with E-state index in [0.717, 1.165) is 109 Å². The number of quaternary nitrogens is 1. The topological polar surface area (TPSA) is 105 Å². The molecular formula is C74H132N2O6P+. The highest BCUT2D eigenvalue weighted by Gasteiger charge is 2.28. The van der Waals surface area contributed by atoms with E-state index in [9.17, 15) is 19.4 Å². The minimum absolute atomic E-state index is 0.0467. The van der Waals surface area contributed by atoms with Gasteiger partial charge in [-0.2, -0.15) is 0 Å². The summed E-state index contributed by atoms with van der Waals surface area (Å²) in [6.07, 6.45) is 94.9. The molecule has 0 aromatic rings. The molecule has 0 rings (SSSR count). The number of nitrogens with zero attached hydrogens (tertiary/aromatic N) is 1. The van der Waals surface area contributed by atoms with E-state index in [2.05, 4.69) is 129 Å². The van der Waals surface area contributed by atoms with Crippen LogP contribution in [0.25, 0.3) is 0 Å². The lowest BCUT2D eigenvalue weighted by Gasteiger charge is -2.25. The smallest absolute Gasteiger partial charge is 0.387 e. The zero-order valence-electron chi connectivity index (χ0n) is 54.7. The Bertz CT molecular complexity index is 1770. The summed E-state index contributed by atoms with van der Waals surface area (Å²) in [6, 6.07) is -0.883. The summed E-state index contributed by atoms with van der Waals surface area (Å²) in [4.78, 5) is 23.4. The first kappa shape index (κ1) is 79.9. The number of amides is 1. The van der Waals surface area contributed by atoms with Crippen LogP contribution < -0.4 is 5.32 Å². The maximum atomic E-state index is 13.0. The van der Waals surface area contributed by atoms with Crippen molar-refractivity contribution in [2.45, 2.75) is 302 Å². The summed E-state index contributed by atoms with van der Waals surface area (Å²) in [6.45, 7) is 4.68. The molecule has 0 fully saturated rings. The third-order valence-electron chi connectivity index (χ3n) is 14.9. The van der Waals surface area contributed by atoms with Crippen molar-refractivity contribution in [1.29, 1.82) is 0 Å². The number of likely N-dealkylation sites (N-methyl/N-ethyl adjacent to an activating group) is 1. The lowest BCUT2D eigenvalue weighted by atomic mass is 10.0.